The van der Waals surface area contributed by atoms with Gasteiger partial charge in [-0.25, -0.2) is 0 Å². The van der Waals surface area contributed by atoms with Gasteiger partial charge in [0.05, 0.1) is 66.1 Å². The molecule has 4 atom stereocenters. The van der Waals surface area contributed by atoms with Crippen molar-refractivity contribution in [2.24, 2.45) is 10.8 Å². The summed E-state index contributed by atoms with van der Waals surface area (Å²) in [5.41, 5.74) is 0.660. The van der Waals surface area contributed by atoms with Gasteiger partial charge in [-0.3, -0.25) is 29.8 Å². The van der Waals surface area contributed by atoms with E-state index in [2.05, 4.69) is 80.9 Å². The Balaban J connectivity index is 1.52. The molecule has 2 unspecified atom stereocenters. The molecular weight excluding hydrogens is 821 g/mol. The molecule has 0 aromatic heterocycles. The Morgan fingerprint density at radius 3 is 1.56 bits per heavy atom. The number of nitro benzene ring substituents is 2. The van der Waals surface area contributed by atoms with Crippen molar-refractivity contribution >= 4 is 41.3 Å². The van der Waals surface area contributed by atoms with Crippen LogP contribution in [0.5, 0.6) is 17.2 Å². The summed E-state index contributed by atoms with van der Waals surface area (Å²) in [4.78, 5) is 66.0. The number of aryl methyl sites for hydroxylation is 1. The number of nitro groups is 2. The molecule has 0 spiro atoms. The molecule has 2 saturated heterocycles. The lowest BCUT2D eigenvalue weighted by molar-refractivity contribution is -0.388. The van der Waals surface area contributed by atoms with Gasteiger partial charge in [0.25, 0.3) is 17.5 Å². The number of hydrogen-bond acceptors (Lipinski definition) is 12. The zero-order chi connectivity index (χ0) is 45.7. The van der Waals surface area contributed by atoms with Crippen LogP contribution >= 0.6 is 0 Å². The van der Waals surface area contributed by atoms with E-state index in [1.807, 2.05) is 0 Å². The molecule has 18 heteroatoms. The van der Waals surface area contributed by atoms with Crippen molar-refractivity contribution in [3.63, 3.8) is 0 Å². The van der Waals surface area contributed by atoms with Crippen LogP contribution in [-0.2, 0) is 20.2 Å². The summed E-state index contributed by atoms with van der Waals surface area (Å²) >= 11 is 0. The predicted octanol–water partition coefficient (Wildman–Crippen LogP) is 7.83. The minimum atomic E-state index is -1.52. The second-order valence-electron chi connectivity index (χ2n) is 18.6. The number of amides is 2. The van der Waals surface area contributed by atoms with E-state index in [9.17, 15) is 29.8 Å². The third-order valence-corrected chi connectivity index (χ3v) is 12.4. The van der Waals surface area contributed by atoms with Gasteiger partial charge in [0.15, 0.2) is 18.1 Å². The van der Waals surface area contributed by atoms with Crippen LogP contribution in [0.2, 0.25) is 26.2 Å². The monoisotopic (exact) mass is 884 g/mol. The van der Waals surface area contributed by atoms with Gasteiger partial charge >= 0.3 is 5.69 Å². The highest BCUT2D eigenvalue weighted by molar-refractivity contribution is 6.48. The largest absolute Gasteiger partial charge is 0.496 e. The van der Waals surface area contributed by atoms with E-state index < -0.39 is 45.4 Å². The maximum atomic E-state index is 14.2. The molecule has 61 heavy (non-hydrogen) atoms. The summed E-state index contributed by atoms with van der Waals surface area (Å²) in [5.74, 6) is -0.958. The number of carbonyl (C=O) groups excluding carboxylic acids is 2. The van der Waals surface area contributed by atoms with Crippen LogP contribution in [-0.4, -0.2) is 108 Å². The standard InChI is InChI=1S/C43H64N4O12Si2/c1-26-18-33(38(42(3,4)5)58-60(11)12)44(24-26)40(48)29-21-31(46(50)51)28(20-35(29)54-9)16-15-17-56-57-37-23-36(55-10)30(22-32(37)47(52)53)41(49)45-25-27(2)19-34(45)39(43(6,7)8)59-61(13)14/h20-23,33-34,38-39,60-61H,1-2,15-19,24-25H2,3-14H3/t33-,34-,38?,39?/m0/s1. The molecular formula is C43H64N4O12Si2. The lowest BCUT2D eigenvalue weighted by atomic mass is 9.83. The highest BCUT2D eigenvalue weighted by Gasteiger charge is 2.45. The fourth-order valence-corrected chi connectivity index (χ4v) is 10.5. The second kappa shape index (κ2) is 20.0. The summed E-state index contributed by atoms with van der Waals surface area (Å²) in [5, 5.41) is 24.7. The van der Waals surface area contributed by atoms with Crippen LogP contribution in [0, 0.1) is 31.1 Å². The van der Waals surface area contributed by atoms with Crippen LogP contribution in [0.4, 0.5) is 11.4 Å². The normalized spacial score (nSPS) is 18.2. The Kier molecular flexibility index (Phi) is 16.1. The van der Waals surface area contributed by atoms with Crippen LogP contribution in [0.3, 0.4) is 0 Å². The minimum Gasteiger partial charge on any atom is -0.496 e. The van der Waals surface area contributed by atoms with Crippen molar-refractivity contribution in [1.29, 1.82) is 0 Å². The van der Waals surface area contributed by atoms with E-state index in [0.717, 1.165) is 17.2 Å². The first kappa shape index (κ1) is 49.0. The highest BCUT2D eigenvalue weighted by atomic mass is 28.3. The Morgan fingerprint density at radius 1 is 0.738 bits per heavy atom. The van der Waals surface area contributed by atoms with Gasteiger partial charge in [-0.15, -0.1) is 0 Å². The SMILES string of the molecule is C=C1C[C@@H](C(O[SiH](C)C)C(C)(C)C)N(C(=O)c2cc([N+](=O)[O-])c(CCCOOc3cc(OC)c(C(=O)N4CC(=C)C[C@H]4C(O[SiH](C)C)C(C)(C)C)cc3[N+](=O)[O-])cc2OC)C1. The molecule has 2 aliphatic heterocycles. The summed E-state index contributed by atoms with van der Waals surface area (Å²) < 4.78 is 24.1. The average molecular weight is 885 g/mol. The average Bonchev–Trinajstić information content (AvgIpc) is 3.74. The van der Waals surface area contributed by atoms with Gasteiger partial charge in [-0.05, 0) is 68.8 Å². The van der Waals surface area contributed by atoms with Crippen molar-refractivity contribution < 1.29 is 47.5 Å². The number of rotatable bonds is 18. The van der Waals surface area contributed by atoms with E-state index in [-0.39, 0.29) is 95.2 Å². The topological polar surface area (TPSA) is 182 Å². The lowest BCUT2D eigenvalue weighted by Crippen LogP contribution is -2.50. The molecule has 4 rings (SSSR count). The van der Waals surface area contributed by atoms with Crippen molar-refractivity contribution in [3.05, 3.63) is 85.5 Å². The molecule has 2 amide bonds. The second-order valence-corrected chi connectivity index (χ2v) is 23.3. The molecule has 0 bridgehead atoms. The molecule has 336 valence electrons. The predicted molar refractivity (Wildman–Crippen MR) is 238 cm³/mol. The van der Waals surface area contributed by atoms with Crippen LogP contribution < -0.4 is 14.4 Å². The minimum absolute atomic E-state index is 0.0244. The van der Waals surface area contributed by atoms with Gasteiger partial charge < -0.3 is 33.0 Å². The number of methoxy groups -OCH3 is 2. The molecule has 2 fully saturated rings. The zero-order valence-corrected chi connectivity index (χ0v) is 40.1. The lowest BCUT2D eigenvalue weighted by Gasteiger charge is -2.40. The molecule has 0 N–H and O–H groups in total. The number of ether oxygens (including phenoxy) is 2. The van der Waals surface area contributed by atoms with E-state index in [0.29, 0.717) is 24.9 Å². The third-order valence-electron chi connectivity index (χ3n) is 10.7. The van der Waals surface area contributed by atoms with Crippen molar-refractivity contribution in [3.8, 4) is 17.2 Å². The molecule has 0 saturated carbocycles. The van der Waals surface area contributed by atoms with Gasteiger partial charge in [-0.1, -0.05) is 65.8 Å². The van der Waals surface area contributed by atoms with Crippen LogP contribution in [0.1, 0.15) is 87.1 Å². The number of nitrogens with zero attached hydrogens (tertiary/aromatic N) is 4. The van der Waals surface area contributed by atoms with E-state index in [4.69, 9.17) is 28.1 Å². The first-order valence-corrected chi connectivity index (χ1v) is 26.2. The quantitative estimate of drug-likeness (QED) is 0.0354. The number of likely N-dealkylation sites (tertiary alicyclic amines) is 2. The van der Waals surface area contributed by atoms with E-state index in [1.165, 1.54) is 32.4 Å². The van der Waals surface area contributed by atoms with Gasteiger partial charge in [0.2, 0.25) is 5.75 Å². The van der Waals surface area contributed by atoms with E-state index >= 15 is 0 Å². The van der Waals surface area contributed by atoms with Crippen molar-refractivity contribution in [2.45, 2.75) is 118 Å². The fourth-order valence-electron chi connectivity index (χ4n) is 8.12. The fraction of sp³-hybridized carbons (Fsp3) is 0.581. The molecule has 2 aromatic rings. The third kappa shape index (κ3) is 11.9. The smallest absolute Gasteiger partial charge is 0.316 e. The highest BCUT2D eigenvalue weighted by Crippen LogP contribution is 2.41. The number of hydrogen-bond donors (Lipinski definition) is 0. The molecule has 0 aliphatic carbocycles. The van der Waals surface area contributed by atoms with E-state index in [1.54, 1.807) is 9.80 Å². The Hall–Kier alpha value is -4.63. The number of benzene rings is 2. The summed E-state index contributed by atoms with van der Waals surface area (Å²) in [6.45, 7) is 29.4. The van der Waals surface area contributed by atoms with Gasteiger partial charge in [0, 0.05) is 36.9 Å². The maximum Gasteiger partial charge on any atom is 0.316 e. The maximum absolute atomic E-state index is 14.2. The van der Waals surface area contributed by atoms with Crippen molar-refractivity contribution in [1.82, 2.24) is 9.80 Å². The Labute approximate surface area is 362 Å². The summed E-state index contributed by atoms with van der Waals surface area (Å²) in [7, 11) is -0.281. The Bertz CT molecular complexity index is 1850. The van der Waals surface area contributed by atoms with Gasteiger partial charge in [0.1, 0.15) is 11.5 Å². The Morgan fingerprint density at radius 2 is 1.16 bits per heavy atom. The summed E-state index contributed by atoms with van der Waals surface area (Å²) in [6.07, 6.45) is 0.840. The molecule has 0 radical (unpaired) electrons. The molecule has 16 nitrogen and oxygen atoms in total. The molecule has 2 heterocycles. The first-order chi connectivity index (χ1) is 28.4. The van der Waals surface area contributed by atoms with Crippen molar-refractivity contribution in [2.75, 3.05) is 33.9 Å². The molecule has 2 aromatic carbocycles. The molecule has 2 aliphatic rings. The van der Waals surface area contributed by atoms with Gasteiger partial charge in [-0.2, -0.15) is 4.89 Å². The first-order valence-electron chi connectivity index (χ1n) is 20.7. The van der Waals surface area contributed by atoms with Crippen LogP contribution in [0.25, 0.3) is 0 Å². The zero-order valence-electron chi connectivity index (χ0n) is 37.8. The van der Waals surface area contributed by atoms with Crippen LogP contribution in [0.15, 0.2) is 48.6 Å². The number of carbonyl (C=O) groups is 2. The summed E-state index contributed by atoms with van der Waals surface area (Å²) in [6, 6.07) is 4.44.